The lowest BCUT2D eigenvalue weighted by Gasteiger charge is -2.21. The van der Waals surface area contributed by atoms with Crippen LogP contribution in [-0.4, -0.2) is 43.9 Å². The van der Waals surface area contributed by atoms with Crippen LogP contribution < -0.4 is 10.0 Å². The minimum atomic E-state index is -3.70. The van der Waals surface area contributed by atoms with Crippen molar-refractivity contribution in [1.29, 1.82) is 0 Å². The molecule has 1 heterocycles. The van der Waals surface area contributed by atoms with E-state index in [-0.39, 0.29) is 16.8 Å². The van der Waals surface area contributed by atoms with Gasteiger partial charge in [-0.15, -0.1) is 0 Å². The number of amides is 1. The molecule has 6 nitrogen and oxygen atoms in total. The van der Waals surface area contributed by atoms with Gasteiger partial charge >= 0.3 is 0 Å². The summed E-state index contributed by atoms with van der Waals surface area (Å²) in [5.74, 6) is -0.230. The Hall–Kier alpha value is -2.22. The maximum Gasteiger partial charge on any atom is 0.251 e. The number of hydrogen-bond acceptors (Lipinski definition) is 4. The molecule has 0 saturated carbocycles. The number of likely N-dealkylation sites (tertiary alicyclic amines) is 1. The van der Waals surface area contributed by atoms with Crippen LogP contribution in [0.4, 0.5) is 0 Å². The molecule has 1 saturated heterocycles. The predicted molar refractivity (Wildman–Crippen MR) is 119 cm³/mol. The number of nitrogens with zero attached hydrogens (tertiary/aromatic N) is 1. The average molecular weight is 430 g/mol. The lowest BCUT2D eigenvalue weighted by atomic mass is 10.1. The quantitative estimate of drug-likeness (QED) is 0.740. The Balaban J connectivity index is 1.67. The van der Waals surface area contributed by atoms with Crippen molar-refractivity contribution < 1.29 is 13.2 Å². The summed E-state index contributed by atoms with van der Waals surface area (Å²) in [6.45, 7) is 9.73. The van der Waals surface area contributed by atoms with Crippen LogP contribution in [0.5, 0.6) is 0 Å². The molecule has 0 bridgehead atoms. The van der Waals surface area contributed by atoms with Crippen molar-refractivity contribution in [2.24, 2.45) is 0 Å². The van der Waals surface area contributed by atoms with Gasteiger partial charge in [0.1, 0.15) is 0 Å². The summed E-state index contributed by atoms with van der Waals surface area (Å²) in [4.78, 5) is 15.3. The molecule has 1 amide bonds. The van der Waals surface area contributed by atoms with Gasteiger partial charge < -0.3 is 5.32 Å². The summed E-state index contributed by atoms with van der Waals surface area (Å²) in [7, 11) is -3.70. The lowest BCUT2D eigenvalue weighted by molar-refractivity contribution is 0.0937. The fraction of sp³-hybridized carbons (Fsp3) is 0.435. The van der Waals surface area contributed by atoms with E-state index in [4.69, 9.17) is 0 Å². The van der Waals surface area contributed by atoms with E-state index in [1.54, 1.807) is 26.8 Å². The Morgan fingerprint density at radius 2 is 1.83 bits per heavy atom. The van der Waals surface area contributed by atoms with Crippen molar-refractivity contribution in [3.05, 3.63) is 65.2 Å². The van der Waals surface area contributed by atoms with Crippen molar-refractivity contribution in [2.45, 2.75) is 57.1 Å². The standard InChI is InChI=1S/C23H31N3O3S/c1-17-10-11-20(30(28,29)25-23(2,3)4)14-21(17)22(27)24-19-12-13-26(16-19)15-18-8-6-5-7-9-18/h5-11,14,19,25H,12-13,15-16H2,1-4H3,(H,24,27). The van der Waals surface area contributed by atoms with Gasteiger partial charge in [0.25, 0.3) is 5.91 Å². The molecule has 7 heteroatoms. The van der Waals surface area contributed by atoms with Crippen LogP contribution in [0.3, 0.4) is 0 Å². The minimum absolute atomic E-state index is 0.0496. The highest BCUT2D eigenvalue weighted by molar-refractivity contribution is 7.89. The zero-order chi connectivity index (χ0) is 21.9. The molecule has 0 aliphatic carbocycles. The van der Waals surface area contributed by atoms with Gasteiger partial charge in [-0.1, -0.05) is 36.4 Å². The van der Waals surface area contributed by atoms with Gasteiger partial charge in [-0.05, 0) is 57.4 Å². The number of hydrogen-bond donors (Lipinski definition) is 2. The van der Waals surface area contributed by atoms with Crippen molar-refractivity contribution >= 4 is 15.9 Å². The smallest absolute Gasteiger partial charge is 0.251 e. The highest BCUT2D eigenvalue weighted by atomic mass is 32.2. The Labute approximate surface area is 179 Å². The third kappa shape index (κ3) is 5.90. The highest BCUT2D eigenvalue weighted by Crippen LogP contribution is 2.19. The van der Waals surface area contributed by atoms with E-state index >= 15 is 0 Å². The van der Waals surface area contributed by atoms with Gasteiger partial charge in [-0.2, -0.15) is 0 Å². The SMILES string of the molecule is Cc1ccc(S(=O)(=O)NC(C)(C)C)cc1C(=O)NC1CCN(Cc2ccccc2)C1. The van der Waals surface area contributed by atoms with Crippen LogP contribution in [-0.2, 0) is 16.6 Å². The second-order valence-corrected chi connectivity index (χ2v) is 10.7. The van der Waals surface area contributed by atoms with Crippen LogP contribution >= 0.6 is 0 Å². The molecule has 0 radical (unpaired) electrons. The molecular weight excluding hydrogens is 398 g/mol. The monoisotopic (exact) mass is 429 g/mol. The van der Waals surface area contributed by atoms with Gasteiger partial charge in [0.2, 0.25) is 10.0 Å². The van der Waals surface area contributed by atoms with Crippen LogP contribution in [0.2, 0.25) is 0 Å². The number of aryl methyl sites for hydroxylation is 1. The van der Waals surface area contributed by atoms with E-state index in [9.17, 15) is 13.2 Å². The third-order valence-electron chi connectivity index (χ3n) is 5.06. The van der Waals surface area contributed by atoms with Crippen LogP contribution in [0.15, 0.2) is 53.4 Å². The van der Waals surface area contributed by atoms with Crippen molar-refractivity contribution in [3.8, 4) is 0 Å². The fourth-order valence-corrected chi connectivity index (χ4v) is 5.12. The molecule has 1 atom stereocenters. The van der Waals surface area contributed by atoms with Gasteiger partial charge in [-0.25, -0.2) is 13.1 Å². The van der Waals surface area contributed by atoms with E-state index in [1.165, 1.54) is 17.7 Å². The lowest BCUT2D eigenvalue weighted by Crippen LogP contribution is -2.40. The first-order chi connectivity index (χ1) is 14.0. The Bertz CT molecular complexity index is 998. The molecule has 0 aromatic heterocycles. The summed E-state index contributed by atoms with van der Waals surface area (Å²) < 4.78 is 27.9. The minimum Gasteiger partial charge on any atom is -0.348 e. The van der Waals surface area contributed by atoms with E-state index < -0.39 is 15.6 Å². The molecule has 1 aliphatic rings. The van der Waals surface area contributed by atoms with Crippen molar-refractivity contribution in [3.63, 3.8) is 0 Å². The van der Waals surface area contributed by atoms with Gasteiger partial charge in [0, 0.05) is 36.8 Å². The second-order valence-electron chi connectivity index (χ2n) is 9.01. The van der Waals surface area contributed by atoms with Gasteiger partial charge in [-0.3, -0.25) is 9.69 Å². The Morgan fingerprint density at radius 3 is 2.50 bits per heavy atom. The zero-order valence-corrected chi connectivity index (χ0v) is 18.9. The van der Waals surface area contributed by atoms with Gasteiger partial charge in [0.05, 0.1) is 4.90 Å². The Morgan fingerprint density at radius 1 is 1.13 bits per heavy atom. The number of nitrogens with one attached hydrogen (secondary N) is 2. The number of sulfonamides is 1. The molecular formula is C23H31N3O3S. The zero-order valence-electron chi connectivity index (χ0n) is 18.1. The molecule has 162 valence electrons. The first-order valence-corrected chi connectivity index (χ1v) is 11.7. The number of carbonyl (C=O) groups is 1. The molecule has 2 aromatic carbocycles. The largest absolute Gasteiger partial charge is 0.348 e. The van der Waals surface area contributed by atoms with E-state index in [1.807, 2.05) is 25.1 Å². The third-order valence-corrected chi connectivity index (χ3v) is 6.82. The van der Waals surface area contributed by atoms with Crippen LogP contribution in [0.1, 0.15) is 48.7 Å². The first kappa shape index (κ1) is 22.5. The average Bonchev–Trinajstić information content (AvgIpc) is 3.07. The number of rotatable bonds is 6. The fourth-order valence-electron chi connectivity index (χ4n) is 3.67. The highest BCUT2D eigenvalue weighted by Gasteiger charge is 2.26. The molecule has 30 heavy (non-hydrogen) atoms. The summed E-state index contributed by atoms with van der Waals surface area (Å²) >= 11 is 0. The second kappa shape index (κ2) is 8.88. The van der Waals surface area contributed by atoms with Crippen LogP contribution in [0.25, 0.3) is 0 Å². The molecule has 2 N–H and O–H groups in total. The van der Waals surface area contributed by atoms with Gasteiger partial charge in [0.15, 0.2) is 0 Å². The molecule has 1 fully saturated rings. The maximum atomic E-state index is 12.9. The number of benzene rings is 2. The van der Waals surface area contributed by atoms with E-state index in [2.05, 4.69) is 27.1 Å². The molecule has 1 aliphatic heterocycles. The molecule has 0 spiro atoms. The summed E-state index contributed by atoms with van der Waals surface area (Å²) in [6, 6.07) is 15.0. The maximum absolute atomic E-state index is 12.9. The summed E-state index contributed by atoms with van der Waals surface area (Å²) in [5.41, 5.74) is 1.80. The molecule has 1 unspecified atom stereocenters. The summed E-state index contributed by atoms with van der Waals surface area (Å²) in [5, 5.41) is 3.08. The first-order valence-electron chi connectivity index (χ1n) is 10.3. The normalized spacial score (nSPS) is 17.8. The predicted octanol–water partition coefficient (Wildman–Crippen LogP) is 3.08. The number of carbonyl (C=O) groups excluding carboxylic acids is 1. The summed E-state index contributed by atoms with van der Waals surface area (Å²) in [6.07, 6.45) is 0.876. The van der Waals surface area contributed by atoms with E-state index in [0.29, 0.717) is 5.56 Å². The molecule has 3 rings (SSSR count). The van der Waals surface area contributed by atoms with Crippen molar-refractivity contribution in [1.82, 2.24) is 14.9 Å². The molecule has 2 aromatic rings. The van der Waals surface area contributed by atoms with E-state index in [0.717, 1.165) is 31.6 Å². The topological polar surface area (TPSA) is 78.5 Å². The Kier molecular flexibility index (Phi) is 6.65. The van der Waals surface area contributed by atoms with Crippen molar-refractivity contribution in [2.75, 3.05) is 13.1 Å². The van der Waals surface area contributed by atoms with Crippen LogP contribution in [0, 0.1) is 6.92 Å².